The van der Waals surface area contributed by atoms with E-state index in [0.29, 0.717) is 5.69 Å². The highest BCUT2D eigenvalue weighted by Crippen LogP contribution is 2.30. The number of hydrogen-bond donors (Lipinski definition) is 2. The molecule has 126 valence electrons. The number of anilines is 1. The predicted molar refractivity (Wildman–Crippen MR) is 88.5 cm³/mol. The second kappa shape index (κ2) is 8.07. The Hall–Kier alpha value is -2.93. The molecule has 0 saturated carbocycles. The number of nitro benzene ring substituents is 1. The highest BCUT2D eigenvalue weighted by molar-refractivity contribution is 5.77. The first-order chi connectivity index (χ1) is 11.5. The SMILES string of the molecule is CCOC(=O)[C@H](O)[C@@H](Nc1ccccc1)c1ccccc1[N+](=O)[O-]. The highest BCUT2D eigenvalue weighted by Gasteiger charge is 2.33. The van der Waals surface area contributed by atoms with Crippen molar-refractivity contribution in [2.75, 3.05) is 11.9 Å². The zero-order valence-electron chi connectivity index (χ0n) is 13.1. The van der Waals surface area contributed by atoms with Gasteiger partial charge in [-0.2, -0.15) is 0 Å². The number of carbonyl (C=O) groups is 1. The van der Waals surface area contributed by atoms with Crippen LogP contribution in [-0.4, -0.2) is 28.7 Å². The summed E-state index contributed by atoms with van der Waals surface area (Å²) < 4.78 is 4.85. The molecule has 2 aromatic rings. The highest BCUT2D eigenvalue weighted by atomic mass is 16.6. The van der Waals surface area contributed by atoms with Crippen molar-refractivity contribution in [3.8, 4) is 0 Å². The second-order valence-electron chi connectivity index (χ2n) is 5.00. The van der Waals surface area contributed by atoms with Gasteiger partial charge in [0.1, 0.15) is 0 Å². The first kappa shape index (κ1) is 17.4. The van der Waals surface area contributed by atoms with Crippen LogP contribution in [0.4, 0.5) is 11.4 Å². The summed E-state index contributed by atoms with van der Waals surface area (Å²) in [7, 11) is 0. The standard InChI is InChI=1S/C17H18N2O5/c1-2-24-17(21)16(20)15(18-12-8-4-3-5-9-12)13-10-6-7-11-14(13)19(22)23/h3-11,15-16,18,20H,2H2,1H3/t15-,16+/m0/s1. The third-order valence-electron chi connectivity index (χ3n) is 3.41. The zero-order chi connectivity index (χ0) is 17.5. The van der Waals surface area contributed by atoms with Gasteiger partial charge in [-0.15, -0.1) is 0 Å². The van der Waals surface area contributed by atoms with Gasteiger partial charge in [-0.3, -0.25) is 10.1 Å². The Bertz CT molecular complexity index is 705. The Morgan fingerprint density at radius 3 is 2.46 bits per heavy atom. The Kier molecular flexibility index (Phi) is 5.86. The maximum absolute atomic E-state index is 11.9. The average Bonchev–Trinajstić information content (AvgIpc) is 2.60. The van der Waals surface area contributed by atoms with Gasteiger partial charge in [0.25, 0.3) is 5.69 Å². The minimum absolute atomic E-state index is 0.102. The maximum atomic E-state index is 11.9. The molecular weight excluding hydrogens is 312 g/mol. The lowest BCUT2D eigenvalue weighted by molar-refractivity contribution is -0.385. The van der Waals surface area contributed by atoms with Crippen molar-refractivity contribution in [1.29, 1.82) is 0 Å². The molecule has 0 saturated heterocycles. The van der Waals surface area contributed by atoms with E-state index in [0.717, 1.165) is 0 Å². The predicted octanol–water partition coefficient (Wildman–Crippen LogP) is 2.67. The molecule has 0 bridgehead atoms. The van der Waals surface area contributed by atoms with Crippen LogP contribution in [0.15, 0.2) is 54.6 Å². The number of rotatable bonds is 7. The summed E-state index contributed by atoms with van der Waals surface area (Å²) in [5, 5.41) is 24.6. The quantitative estimate of drug-likeness (QED) is 0.460. The van der Waals surface area contributed by atoms with Crippen LogP contribution in [0.1, 0.15) is 18.5 Å². The van der Waals surface area contributed by atoms with Crippen molar-refractivity contribution in [2.24, 2.45) is 0 Å². The zero-order valence-corrected chi connectivity index (χ0v) is 13.1. The van der Waals surface area contributed by atoms with Crippen molar-refractivity contribution in [3.63, 3.8) is 0 Å². The Morgan fingerprint density at radius 1 is 1.21 bits per heavy atom. The van der Waals surface area contributed by atoms with E-state index >= 15 is 0 Å². The van der Waals surface area contributed by atoms with Crippen molar-refractivity contribution < 1.29 is 19.6 Å². The van der Waals surface area contributed by atoms with Crippen molar-refractivity contribution in [1.82, 2.24) is 0 Å². The van der Waals surface area contributed by atoms with Crippen LogP contribution in [0.3, 0.4) is 0 Å². The van der Waals surface area contributed by atoms with Gasteiger partial charge < -0.3 is 15.2 Å². The molecule has 2 rings (SSSR count). The van der Waals surface area contributed by atoms with Crippen molar-refractivity contribution in [2.45, 2.75) is 19.1 Å². The summed E-state index contributed by atoms with van der Waals surface area (Å²) in [6.45, 7) is 1.72. The lowest BCUT2D eigenvalue weighted by Crippen LogP contribution is -2.34. The molecule has 7 nitrogen and oxygen atoms in total. The van der Waals surface area contributed by atoms with E-state index in [1.54, 1.807) is 37.3 Å². The van der Waals surface area contributed by atoms with Gasteiger partial charge in [0.15, 0.2) is 6.10 Å². The summed E-state index contributed by atoms with van der Waals surface area (Å²) in [6.07, 6.45) is -1.59. The number of aliphatic hydroxyl groups excluding tert-OH is 1. The largest absolute Gasteiger partial charge is 0.464 e. The molecule has 0 unspecified atom stereocenters. The minimum atomic E-state index is -1.59. The molecule has 0 aliphatic rings. The molecule has 0 radical (unpaired) electrons. The monoisotopic (exact) mass is 330 g/mol. The fraction of sp³-hybridized carbons (Fsp3) is 0.235. The molecule has 0 aromatic heterocycles. The Labute approximate surface area is 139 Å². The van der Waals surface area contributed by atoms with Crippen LogP contribution in [0, 0.1) is 10.1 Å². The van der Waals surface area contributed by atoms with Gasteiger partial charge in [0.2, 0.25) is 0 Å². The number of carbonyl (C=O) groups excluding carboxylic acids is 1. The van der Waals surface area contributed by atoms with Gasteiger partial charge in [-0.1, -0.05) is 30.3 Å². The third-order valence-corrected chi connectivity index (χ3v) is 3.41. The summed E-state index contributed by atoms with van der Waals surface area (Å²) in [6, 6.07) is 13.8. The Balaban J connectivity index is 2.43. The summed E-state index contributed by atoms with van der Waals surface area (Å²) >= 11 is 0. The fourth-order valence-electron chi connectivity index (χ4n) is 2.32. The van der Waals surface area contributed by atoms with E-state index in [9.17, 15) is 20.0 Å². The number of nitrogens with zero attached hydrogens (tertiary/aromatic N) is 1. The summed E-state index contributed by atoms with van der Waals surface area (Å²) in [4.78, 5) is 22.7. The van der Waals surface area contributed by atoms with Gasteiger partial charge in [0.05, 0.1) is 23.1 Å². The van der Waals surface area contributed by atoms with Gasteiger partial charge in [-0.05, 0) is 25.1 Å². The first-order valence-corrected chi connectivity index (χ1v) is 7.44. The molecule has 0 amide bonds. The number of aliphatic hydroxyl groups is 1. The normalized spacial score (nSPS) is 12.9. The lowest BCUT2D eigenvalue weighted by Gasteiger charge is -2.24. The van der Waals surface area contributed by atoms with Crippen LogP contribution in [0.2, 0.25) is 0 Å². The van der Waals surface area contributed by atoms with Crippen LogP contribution < -0.4 is 5.32 Å². The van der Waals surface area contributed by atoms with Crippen LogP contribution in [0.5, 0.6) is 0 Å². The molecule has 2 N–H and O–H groups in total. The number of para-hydroxylation sites is 2. The van der Waals surface area contributed by atoms with Crippen LogP contribution in [0.25, 0.3) is 0 Å². The third kappa shape index (κ3) is 4.08. The number of benzene rings is 2. The first-order valence-electron chi connectivity index (χ1n) is 7.44. The van der Waals surface area contributed by atoms with Gasteiger partial charge >= 0.3 is 5.97 Å². The molecule has 0 spiro atoms. The van der Waals surface area contributed by atoms with E-state index < -0.39 is 23.0 Å². The average molecular weight is 330 g/mol. The molecule has 0 fully saturated rings. The fourth-order valence-corrected chi connectivity index (χ4v) is 2.32. The van der Waals surface area contributed by atoms with E-state index in [-0.39, 0.29) is 17.9 Å². The van der Waals surface area contributed by atoms with E-state index in [4.69, 9.17) is 4.74 Å². The molecule has 7 heteroatoms. The van der Waals surface area contributed by atoms with Gasteiger partial charge in [-0.25, -0.2) is 4.79 Å². The minimum Gasteiger partial charge on any atom is -0.464 e. The summed E-state index contributed by atoms with van der Waals surface area (Å²) in [5.41, 5.74) is 0.630. The number of hydrogen-bond acceptors (Lipinski definition) is 6. The van der Waals surface area contributed by atoms with E-state index in [2.05, 4.69) is 5.32 Å². The maximum Gasteiger partial charge on any atom is 0.337 e. The molecule has 2 atom stereocenters. The van der Waals surface area contributed by atoms with Crippen LogP contribution >= 0.6 is 0 Å². The molecule has 0 heterocycles. The molecule has 0 aliphatic carbocycles. The summed E-state index contributed by atoms with van der Waals surface area (Å²) in [5.74, 6) is -0.843. The number of nitro groups is 1. The van der Waals surface area contributed by atoms with Crippen molar-refractivity contribution in [3.05, 3.63) is 70.3 Å². The van der Waals surface area contributed by atoms with Crippen LogP contribution in [-0.2, 0) is 9.53 Å². The van der Waals surface area contributed by atoms with E-state index in [1.165, 1.54) is 18.2 Å². The van der Waals surface area contributed by atoms with E-state index in [1.807, 2.05) is 6.07 Å². The molecule has 2 aromatic carbocycles. The molecule has 24 heavy (non-hydrogen) atoms. The van der Waals surface area contributed by atoms with Crippen molar-refractivity contribution >= 4 is 17.3 Å². The number of nitrogens with one attached hydrogen (secondary N) is 1. The number of ether oxygens (including phenoxy) is 1. The molecule has 0 aliphatic heterocycles. The van der Waals surface area contributed by atoms with Gasteiger partial charge in [0, 0.05) is 11.8 Å². The number of esters is 1. The molecular formula is C17H18N2O5. The lowest BCUT2D eigenvalue weighted by atomic mass is 9.99. The Morgan fingerprint density at radius 2 is 1.83 bits per heavy atom. The smallest absolute Gasteiger partial charge is 0.337 e. The second-order valence-corrected chi connectivity index (χ2v) is 5.00. The topological polar surface area (TPSA) is 102 Å².